The summed E-state index contributed by atoms with van der Waals surface area (Å²) in [7, 11) is -2.95. The highest BCUT2D eigenvalue weighted by Gasteiger charge is 2.66. The van der Waals surface area contributed by atoms with Crippen molar-refractivity contribution in [1.29, 1.82) is 0 Å². The lowest BCUT2D eigenvalue weighted by Crippen LogP contribution is -2.46. The van der Waals surface area contributed by atoms with Gasteiger partial charge in [0.15, 0.2) is 13.9 Å². The molecule has 0 saturated carbocycles. The zero-order valence-corrected chi connectivity index (χ0v) is 27.8. The van der Waals surface area contributed by atoms with E-state index in [4.69, 9.17) is 16.3 Å². The van der Waals surface area contributed by atoms with E-state index in [0.717, 1.165) is 37.8 Å². The van der Waals surface area contributed by atoms with Crippen LogP contribution in [0.5, 0.6) is 0 Å². The van der Waals surface area contributed by atoms with E-state index in [1.165, 1.54) is 0 Å². The number of aliphatic hydroxyl groups is 1. The number of carbonyl (C=O) groups is 3. The average Bonchev–Trinajstić information content (AvgIpc) is 3.78. The van der Waals surface area contributed by atoms with Gasteiger partial charge in [-0.25, -0.2) is 0 Å². The highest BCUT2D eigenvalue weighted by atomic mass is 35.5. The molecule has 3 fully saturated rings. The number of hydrogen-bond acceptors (Lipinski definition) is 7. The number of aliphatic hydroxyl groups excluding tert-OH is 1. The van der Waals surface area contributed by atoms with Crippen LogP contribution < -0.4 is 15.5 Å². The molecule has 0 bridgehead atoms. The Morgan fingerprint density at radius 2 is 1.91 bits per heavy atom. The van der Waals surface area contributed by atoms with E-state index >= 15 is 0 Å². The SMILES string of the molecule is C[C@H]1[C@H]([Si](C)(C)O)[C@@H](CC(=O)N2CCC[C@H]2CO)O[C@]12C(=O)N(Cc1ccc(NC(=O)[C@H]3CCCN3)cc1)c1ccc(Cl)cc12. The third-order valence-electron chi connectivity index (χ3n) is 10.2. The van der Waals surface area contributed by atoms with Gasteiger partial charge in [0.05, 0.1) is 43.4 Å². The molecule has 6 atom stereocenters. The number of rotatable bonds is 8. The van der Waals surface area contributed by atoms with Crippen LogP contribution in [0.1, 0.15) is 50.2 Å². The second-order valence-corrected chi connectivity index (χ2v) is 17.9. The van der Waals surface area contributed by atoms with Gasteiger partial charge in [0.25, 0.3) is 5.91 Å². The third kappa shape index (κ3) is 5.83. The first-order valence-electron chi connectivity index (χ1n) is 16.0. The Balaban J connectivity index is 1.28. The van der Waals surface area contributed by atoms with Crippen molar-refractivity contribution in [3.05, 3.63) is 58.6 Å². The maximum Gasteiger partial charge on any atom is 0.264 e. The average molecular weight is 655 g/mol. The number of nitrogens with one attached hydrogen (secondary N) is 2. The summed E-state index contributed by atoms with van der Waals surface area (Å²) in [5, 5.41) is 16.5. The minimum Gasteiger partial charge on any atom is -0.432 e. The Morgan fingerprint density at radius 1 is 1.16 bits per heavy atom. The van der Waals surface area contributed by atoms with Crippen LogP contribution in [-0.2, 0) is 31.3 Å². The van der Waals surface area contributed by atoms with Crippen LogP contribution in [0.3, 0.4) is 0 Å². The number of ether oxygens (including phenoxy) is 1. The minimum atomic E-state index is -2.95. The zero-order valence-electron chi connectivity index (χ0n) is 26.1. The Kier molecular flexibility index (Phi) is 8.88. The zero-order chi connectivity index (χ0) is 32.1. The second-order valence-electron chi connectivity index (χ2n) is 13.5. The van der Waals surface area contributed by atoms with E-state index < -0.39 is 31.5 Å². The van der Waals surface area contributed by atoms with E-state index in [0.29, 0.717) is 28.5 Å². The molecule has 3 amide bonds. The summed E-state index contributed by atoms with van der Waals surface area (Å²) in [4.78, 5) is 55.7. The topological polar surface area (TPSA) is 131 Å². The van der Waals surface area contributed by atoms with Crippen molar-refractivity contribution in [1.82, 2.24) is 10.2 Å². The Labute approximate surface area is 270 Å². The van der Waals surface area contributed by atoms with Gasteiger partial charge in [-0.1, -0.05) is 30.7 Å². The molecule has 12 heteroatoms. The van der Waals surface area contributed by atoms with Gasteiger partial charge in [-0.3, -0.25) is 14.4 Å². The van der Waals surface area contributed by atoms with Gasteiger partial charge in [-0.05, 0) is 81.2 Å². The molecule has 45 heavy (non-hydrogen) atoms. The van der Waals surface area contributed by atoms with Gasteiger partial charge in [0.1, 0.15) is 0 Å². The fourth-order valence-corrected chi connectivity index (χ4v) is 10.8. The van der Waals surface area contributed by atoms with Crippen LogP contribution in [0.2, 0.25) is 23.7 Å². The van der Waals surface area contributed by atoms with E-state index in [1.807, 2.05) is 50.3 Å². The van der Waals surface area contributed by atoms with Gasteiger partial charge >= 0.3 is 0 Å². The lowest BCUT2D eigenvalue weighted by atomic mass is 9.82. The first-order chi connectivity index (χ1) is 21.4. The second kappa shape index (κ2) is 12.4. The number of carbonyl (C=O) groups excluding carboxylic acids is 3. The van der Waals surface area contributed by atoms with Crippen LogP contribution >= 0.6 is 11.6 Å². The highest BCUT2D eigenvalue weighted by Crippen LogP contribution is 2.60. The van der Waals surface area contributed by atoms with Gasteiger partial charge < -0.3 is 35.1 Å². The van der Waals surface area contributed by atoms with Gasteiger partial charge in [0.2, 0.25) is 11.8 Å². The number of fused-ring (bicyclic) bond motifs is 2. The van der Waals surface area contributed by atoms with Crippen molar-refractivity contribution in [3.8, 4) is 0 Å². The summed E-state index contributed by atoms with van der Waals surface area (Å²) in [6.45, 7) is 7.20. The van der Waals surface area contributed by atoms with Crippen molar-refractivity contribution >= 4 is 49.0 Å². The van der Waals surface area contributed by atoms with Crippen molar-refractivity contribution in [2.24, 2.45) is 5.92 Å². The molecule has 0 radical (unpaired) electrons. The van der Waals surface area contributed by atoms with Gasteiger partial charge in [-0.2, -0.15) is 0 Å². The molecule has 2 aromatic carbocycles. The van der Waals surface area contributed by atoms with Crippen LogP contribution in [0.15, 0.2) is 42.5 Å². The predicted octanol–water partition coefficient (Wildman–Crippen LogP) is 3.75. The largest absolute Gasteiger partial charge is 0.432 e. The maximum absolute atomic E-state index is 14.6. The highest BCUT2D eigenvalue weighted by molar-refractivity contribution is 6.71. The first-order valence-corrected chi connectivity index (χ1v) is 19.4. The molecule has 4 N–H and O–H groups in total. The fourth-order valence-electron chi connectivity index (χ4n) is 8.06. The normalized spacial score (nSPS) is 29.6. The number of anilines is 2. The first kappa shape index (κ1) is 32.2. The molecule has 2 aromatic rings. The molecule has 0 aromatic heterocycles. The quantitative estimate of drug-likeness (QED) is 0.319. The van der Waals surface area contributed by atoms with Crippen molar-refractivity contribution in [2.75, 3.05) is 29.9 Å². The minimum absolute atomic E-state index is 0.0248. The number of hydrogen-bond donors (Lipinski definition) is 4. The molecule has 0 aliphatic carbocycles. The van der Waals surface area contributed by atoms with E-state index in [-0.39, 0.29) is 49.4 Å². The van der Waals surface area contributed by atoms with E-state index in [9.17, 15) is 24.3 Å². The lowest BCUT2D eigenvalue weighted by molar-refractivity contribution is -0.150. The van der Waals surface area contributed by atoms with E-state index in [1.54, 1.807) is 21.9 Å². The Morgan fingerprint density at radius 3 is 2.58 bits per heavy atom. The van der Waals surface area contributed by atoms with Gasteiger partial charge in [0, 0.05) is 34.3 Å². The fraction of sp³-hybridized carbons (Fsp3) is 0.545. The van der Waals surface area contributed by atoms with Crippen LogP contribution in [0, 0.1) is 5.92 Å². The Hall–Kier alpha value is -2.80. The third-order valence-corrected chi connectivity index (χ3v) is 12.9. The molecular weight excluding hydrogens is 612 g/mol. The van der Waals surface area contributed by atoms with Gasteiger partial charge in [-0.15, -0.1) is 0 Å². The van der Waals surface area contributed by atoms with Crippen molar-refractivity contribution < 1.29 is 29.0 Å². The molecule has 6 rings (SSSR count). The summed E-state index contributed by atoms with van der Waals surface area (Å²) in [6.07, 6.45) is 2.73. The molecule has 0 unspecified atom stereocenters. The summed E-state index contributed by atoms with van der Waals surface area (Å²) in [6, 6.07) is 12.4. The van der Waals surface area contributed by atoms with Crippen molar-refractivity contribution in [3.63, 3.8) is 0 Å². The standard InChI is InChI=1S/C33H43ClN4O6Si/c1-20-30(45(2,3)43)28(17-29(40)37-15-5-6-24(37)19-39)44-33(20)25-16-22(34)10-13-27(25)38(32(33)42)18-21-8-11-23(12-9-21)36-31(41)26-7-4-14-35-26/h8-13,16,20,24,26,28,30,35,39,43H,4-7,14-15,17-19H2,1-3H3,(H,36,41)/t20-,24-,26+,28+,30-,33+/m0/s1. The molecule has 4 aliphatic rings. The summed E-state index contributed by atoms with van der Waals surface area (Å²) < 4.78 is 6.80. The van der Waals surface area contributed by atoms with Crippen LogP contribution in [-0.4, -0.2) is 78.7 Å². The molecule has 10 nitrogen and oxygen atoms in total. The smallest absolute Gasteiger partial charge is 0.264 e. The monoisotopic (exact) mass is 654 g/mol. The molecule has 4 heterocycles. The molecule has 242 valence electrons. The number of benzene rings is 2. The maximum atomic E-state index is 14.6. The number of nitrogens with zero attached hydrogens (tertiary/aromatic N) is 2. The number of likely N-dealkylation sites (tertiary alicyclic amines) is 1. The summed E-state index contributed by atoms with van der Waals surface area (Å²) >= 11 is 6.51. The number of halogens is 1. The summed E-state index contributed by atoms with van der Waals surface area (Å²) in [5.41, 5.74) is 1.08. The molecule has 1 spiro atoms. The Bertz CT molecular complexity index is 1460. The molecular formula is C33H43ClN4O6Si. The van der Waals surface area contributed by atoms with Crippen LogP contribution in [0.4, 0.5) is 11.4 Å². The molecule has 3 saturated heterocycles. The van der Waals surface area contributed by atoms with Crippen LogP contribution in [0.25, 0.3) is 0 Å². The lowest BCUT2D eigenvalue weighted by Gasteiger charge is -2.32. The molecule has 4 aliphatic heterocycles. The van der Waals surface area contributed by atoms with E-state index in [2.05, 4.69) is 10.6 Å². The number of amides is 3. The summed E-state index contributed by atoms with van der Waals surface area (Å²) in [5.74, 6) is -0.853. The van der Waals surface area contributed by atoms with Crippen molar-refractivity contribution in [2.45, 2.75) is 88.0 Å². The predicted molar refractivity (Wildman–Crippen MR) is 174 cm³/mol.